The fraction of sp³-hybridized carbons (Fsp3) is 0.282. The zero-order valence-electron chi connectivity index (χ0n) is 26.7. The molecule has 0 aliphatic heterocycles. The quantitative estimate of drug-likeness (QED) is 0.176. The zero-order chi connectivity index (χ0) is 30.9. The first-order valence-corrected chi connectivity index (χ1v) is 32.0. The molecule has 2 aliphatic rings. The van der Waals surface area contributed by atoms with Crippen LogP contribution in [0.3, 0.4) is 0 Å². The van der Waals surface area contributed by atoms with Crippen LogP contribution in [0.25, 0.3) is 34.4 Å². The van der Waals surface area contributed by atoms with Gasteiger partial charge in [-0.2, -0.15) is 0 Å². The third-order valence-corrected chi connectivity index (χ3v) is 62.4. The molecule has 0 spiro atoms. The van der Waals surface area contributed by atoms with E-state index in [0.717, 1.165) is 0 Å². The van der Waals surface area contributed by atoms with Crippen LogP contribution < -0.4 is 0 Å². The second-order valence-corrected chi connectivity index (χ2v) is 56.2. The van der Waals surface area contributed by atoms with Gasteiger partial charge in [0.2, 0.25) is 0 Å². The molecule has 4 heteroatoms. The monoisotopic (exact) mass is 699 g/mol. The number of rotatable bonds is 6. The van der Waals surface area contributed by atoms with Crippen LogP contribution in [0.15, 0.2) is 90.0 Å². The Kier molecular flexibility index (Phi) is 8.04. The van der Waals surface area contributed by atoms with Gasteiger partial charge in [0.25, 0.3) is 0 Å². The van der Waals surface area contributed by atoms with E-state index in [2.05, 4.69) is 146 Å². The van der Waals surface area contributed by atoms with Crippen molar-refractivity contribution in [3.63, 3.8) is 0 Å². The molecule has 0 heterocycles. The Morgan fingerprint density at radius 1 is 0.651 bits per heavy atom. The van der Waals surface area contributed by atoms with Crippen molar-refractivity contribution >= 4 is 35.1 Å². The van der Waals surface area contributed by atoms with Crippen LogP contribution in [-0.2, 0) is 15.6 Å². The molecule has 4 aromatic carbocycles. The molecule has 4 aromatic rings. The van der Waals surface area contributed by atoms with Crippen molar-refractivity contribution in [2.45, 2.75) is 61.9 Å². The fourth-order valence-corrected chi connectivity index (χ4v) is 40.2. The molecule has 0 nitrogen and oxygen atoms in total. The Hall–Kier alpha value is -1.96. The minimum absolute atomic E-state index is 0.0939. The van der Waals surface area contributed by atoms with Crippen molar-refractivity contribution in [2.24, 2.45) is 5.92 Å². The second-order valence-electron chi connectivity index (χ2n) is 13.7. The molecule has 2 unspecified atom stereocenters. The molecule has 0 radical (unpaired) electrons. The van der Waals surface area contributed by atoms with Gasteiger partial charge in [-0.3, -0.25) is 0 Å². The second kappa shape index (κ2) is 11.1. The van der Waals surface area contributed by atoms with E-state index in [9.17, 15) is 0 Å². The Morgan fingerprint density at radius 2 is 1.33 bits per heavy atom. The Labute approximate surface area is 267 Å². The average molecular weight is 702 g/mol. The van der Waals surface area contributed by atoms with E-state index in [4.69, 9.17) is 17.0 Å². The first kappa shape index (κ1) is 31.0. The van der Waals surface area contributed by atoms with Gasteiger partial charge in [0, 0.05) is 0 Å². The van der Waals surface area contributed by atoms with Crippen LogP contribution in [0.5, 0.6) is 0 Å². The molecule has 0 amide bonds. The van der Waals surface area contributed by atoms with Gasteiger partial charge in [0.15, 0.2) is 0 Å². The summed E-state index contributed by atoms with van der Waals surface area (Å²) in [5.41, 5.74) is 17.2. The molecular weight excluding hydrogens is 659 g/mol. The van der Waals surface area contributed by atoms with Crippen LogP contribution in [0.1, 0.15) is 67.0 Å². The summed E-state index contributed by atoms with van der Waals surface area (Å²) in [6.45, 7) is 18.5. The average Bonchev–Trinajstić information content (AvgIpc) is 3.55. The number of allylic oxidation sites excluding steroid dienone is 2. The molecule has 0 N–H and O–H groups in total. The van der Waals surface area contributed by atoms with E-state index in [0.29, 0.717) is 5.92 Å². The fourth-order valence-electron chi connectivity index (χ4n) is 7.94. The molecule has 0 saturated carbocycles. The Bertz CT molecular complexity index is 1810. The summed E-state index contributed by atoms with van der Waals surface area (Å²) in [7, 11) is 17.2. The maximum atomic E-state index is 8.60. The van der Waals surface area contributed by atoms with Gasteiger partial charge in [0.1, 0.15) is 0 Å². The molecule has 0 aromatic heterocycles. The summed E-state index contributed by atoms with van der Waals surface area (Å²) in [6, 6.07) is 29.1. The zero-order valence-corrected chi connectivity index (χ0v) is 31.9. The number of benzene rings is 4. The van der Waals surface area contributed by atoms with Gasteiger partial charge < -0.3 is 0 Å². The Balaban J connectivity index is 1.61. The van der Waals surface area contributed by atoms with Crippen molar-refractivity contribution in [3.8, 4) is 22.3 Å². The normalized spacial score (nSPS) is 18.7. The van der Waals surface area contributed by atoms with Crippen LogP contribution in [0.2, 0.25) is 13.1 Å². The van der Waals surface area contributed by atoms with Gasteiger partial charge in [-0.1, -0.05) is 0 Å². The van der Waals surface area contributed by atoms with Crippen molar-refractivity contribution in [3.05, 3.63) is 129 Å². The summed E-state index contributed by atoms with van der Waals surface area (Å²) in [5, 5.41) is 0. The number of fused-ring (bicyclic) bond motifs is 2. The maximum absolute atomic E-state index is 8.60. The SMILES string of the molecule is CC1=Cc2c(-c3ccc(C)c(C)c3)ccc(C)c2[CH]1[Zr]([Cl])([Cl])([CH]1C(C(C)C)=Cc2c(-c3ccccc3)cccc21)[SiH](C)C. The van der Waals surface area contributed by atoms with Crippen molar-refractivity contribution in [1.29, 1.82) is 0 Å². The van der Waals surface area contributed by atoms with Gasteiger partial charge in [-0.15, -0.1) is 0 Å². The molecule has 2 aliphatic carbocycles. The molecule has 221 valence electrons. The number of hydrogen-bond acceptors (Lipinski definition) is 0. The summed E-state index contributed by atoms with van der Waals surface area (Å²) < 4.78 is 0.190. The van der Waals surface area contributed by atoms with Crippen LogP contribution >= 0.6 is 17.0 Å². The van der Waals surface area contributed by atoms with Gasteiger partial charge in [0.05, 0.1) is 0 Å². The molecule has 0 bridgehead atoms. The molecule has 43 heavy (non-hydrogen) atoms. The number of halogens is 2. The van der Waals surface area contributed by atoms with Crippen molar-refractivity contribution in [1.82, 2.24) is 0 Å². The van der Waals surface area contributed by atoms with Crippen molar-refractivity contribution < 1.29 is 15.6 Å². The molecular formula is C39H43Cl2SiZr. The third kappa shape index (κ3) is 4.78. The predicted molar refractivity (Wildman–Crippen MR) is 190 cm³/mol. The van der Waals surface area contributed by atoms with Gasteiger partial charge in [-0.05, 0) is 0 Å². The third-order valence-electron chi connectivity index (χ3n) is 10.5. The van der Waals surface area contributed by atoms with E-state index >= 15 is 0 Å². The summed E-state index contributed by atoms with van der Waals surface area (Å²) in [4.78, 5) is 0. The first-order chi connectivity index (χ1) is 20.3. The van der Waals surface area contributed by atoms with E-state index in [-0.39, 0.29) is 7.25 Å². The summed E-state index contributed by atoms with van der Waals surface area (Å²) in [5.74, 6) is -1.26. The Morgan fingerprint density at radius 3 is 1.98 bits per heavy atom. The number of aryl methyl sites for hydroxylation is 3. The molecule has 6 rings (SSSR count). The van der Waals surface area contributed by atoms with E-state index in [1.807, 2.05) is 0 Å². The predicted octanol–water partition coefficient (Wildman–Crippen LogP) is 12.2. The number of hydrogen-bond donors (Lipinski definition) is 0. The van der Waals surface area contributed by atoms with Crippen LogP contribution in [-0.4, -0.2) is 5.92 Å². The van der Waals surface area contributed by atoms with Crippen molar-refractivity contribution in [2.75, 3.05) is 0 Å². The van der Waals surface area contributed by atoms with Crippen LogP contribution in [0, 0.1) is 26.7 Å². The molecule has 0 fully saturated rings. The van der Waals surface area contributed by atoms with Gasteiger partial charge in [-0.25, -0.2) is 0 Å². The molecule has 2 atom stereocenters. The van der Waals surface area contributed by atoms with E-state index in [1.165, 1.54) is 72.3 Å². The first-order valence-electron chi connectivity index (χ1n) is 15.7. The minimum atomic E-state index is -4.80. The van der Waals surface area contributed by atoms with E-state index < -0.39 is 21.5 Å². The molecule has 0 saturated heterocycles. The van der Waals surface area contributed by atoms with Crippen LogP contribution in [0.4, 0.5) is 0 Å². The topological polar surface area (TPSA) is 0 Å². The van der Waals surface area contributed by atoms with Gasteiger partial charge >= 0.3 is 270 Å². The summed E-state index contributed by atoms with van der Waals surface area (Å²) in [6.07, 6.45) is 4.90. The summed E-state index contributed by atoms with van der Waals surface area (Å²) >= 11 is -4.80. The van der Waals surface area contributed by atoms with E-state index in [1.54, 1.807) is 0 Å². The standard InChI is InChI=1S/C19H19.C18H17.C2H7Si.2ClH.Zr/c1-12-9-18-14(3)6-8-17(19(18)10-12)16-7-5-13(2)15(4)11-16;1-13(2)16-11-15-9-6-10-17(18(15)12-16)14-7-4-3-5-8-14;1-3-2;;;/h5-11H,1-4H3;3-13H,1-2H3;3H,1-2H3;2*1H;/q;;;;;+2/p-2.